The molecule has 2 atom stereocenters. The third-order valence-corrected chi connectivity index (χ3v) is 3.52. The van der Waals surface area contributed by atoms with Crippen molar-refractivity contribution in [3.63, 3.8) is 0 Å². The molecule has 2 rings (SSSR count). The Kier molecular flexibility index (Phi) is 4.32. The van der Waals surface area contributed by atoms with Crippen molar-refractivity contribution in [3.05, 3.63) is 28.5 Å². The fraction of sp³-hybridized carbons (Fsp3) is 0.583. The maximum absolute atomic E-state index is 10.1. The first kappa shape index (κ1) is 12.0. The number of rotatable bonds is 3. The van der Waals surface area contributed by atoms with Crippen LogP contribution in [0.3, 0.4) is 0 Å². The zero-order chi connectivity index (χ0) is 11.4. The van der Waals surface area contributed by atoms with E-state index in [-0.39, 0.29) is 6.10 Å². The molecule has 0 spiro atoms. The van der Waals surface area contributed by atoms with Crippen molar-refractivity contribution in [3.8, 4) is 0 Å². The van der Waals surface area contributed by atoms with E-state index in [2.05, 4.69) is 26.2 Å². The van der Waals surface area contributed by atoms with Crippen LogP contribution in [0.5, 0.6) is 0 Å². The monoisotopic (exact) mass is 284 g/mol. The van der Waals surface area contributed by atoms with Crippen molar-refractivity contribution in [1.29, 1.82) is 0 Å². The van der Waals surface area contributed by atoms with Gasteiger partial charge < -0.3 is 10.4 Å². The molecule has 2 N–H and O–H groups in total. The SMILES string of the molecule is OC(Cc1cncc(Br)c1)C1CCCNC1. The predicted octanol–water partition coefficient (Wildman–Crippen LogP) is 1.75. The van der Waals surface area contributed by atoms with Crippen LogP contribution in [0.4, 0.5) is 0 Å². The first-order valence-corrected chi connectivity index (χ1v) is 6.53. The van der Waals surface area contributed by atoms with Crippen LogP contribution in [0.2, 0.25) is 0 Å². The molecule has 1 aliphatic heterocycles. The van der Waals surface area contributed by atoms with E-state index in [0.29, 0.717) is 12.3 Å². The van der Waals surface area contributed by atoms with Crippen LogP contribution in [0, 0.1) is 5.92 Å². The molecular formula is C12H17BrN2O. The summed E-state index contributed by atoms with van der Waals surface area (Å²) in [6, 6.07) is 2.02. The molecule has 1 aliphatic rings. The molecule has 0 amide bonds. The third kappa shape index (κ3) is 3.27. The molecule has 2 unspecified atom stereocenters. The summed E-state index contributed by atoms with van der Waals surface area (Å²) in [5.41, 5.74) is 1.09. The van der Waals surface area contributed by atoms with E-state index >= 15 is 0 Å². The second kappa shape index (κ2) is 5.75. The minimum atomic E-state index is -0.260. The first-order chi connectivity index (χ1) is 7.75. The summed E-state index contributed by atoms with van der Waals surface area (Å²) in [6.45, 7) is 2.02. The fourth-order valence-corrected chi connectivity index (χ4v) is 2.60. The molecular weight excluding hydrogens is 268 g/mol. The lowest BCUT2D eigenvalue weighted by Gasteiger charge is -2.27. The van der Waals surface area contributed by atoms with Crippen molar-refractivity contribution in [2.75, 3.05) is 13.1 Å². The Morgan fingerprint density at radius 3 is 3.12 bits per heavy atom. The quantitative estimate of drug-likeness (QED) is 0.889. The highest BCUT2D eigenvalue weighted by atomic mass is 79.9. The molecule has 1 aromatic rings. The van der Waals surface area contributed by atoms with E-state index in [4.69, 9.17) is 0 Å². The van der Waals surface area contributed by atoms with Crippen molar-refractivity contribution in [2.45, 2.75) is 25.4 Å². The zero-order valence-corrected chi connectivity index (χ0v) is 10.8. The van der Waals surface area contributed by atoms with Crippen molar-refractivity contribution in [2.24, 2.45) is 5.92 Å². The van der Waals surface area contributed by atoms with Gasteiger partial charge in [0.25, 0.3) is 0 Å². The van der Waals surface area contributed by atoms with E-state index in [9.17, 15) is 5.11 Å². The Bertz CT molecular complexity index is 340. The molecule has 0 saturated carbocycles. The average Bonchev–Trinajstić information content (AvgIpc) is 2.30. The summed E-state index contributed by atoms with van der Waals surface area (Å²) in [5, 5.41) is 13.5. The highest BCUT2D eigenvalue weighted by molar-refractivity contribution is 9.10. The third-order valence-electron chi connectivity index (χ3n) is 3.09. The number of halogens is 1. The van der Waals surface area contributed by atoms with Crippen LogP contribution in [-0.4, -0.2) is 29.3 Å². The van der Waals surface area contributed by atoms with Crippen molar-refractivity contribution < 1.29 is 5.11 Å². The maximum atomic E-state index is 10.1. The van der Waals surface area contributed by atoms with Crippen LogP contribution < -0.4 is 5.32 Å². The van der Waals surface area contributed by atoms with Gasteiger partial charge in [-0.2, -0.15) is 0 Å². The number of aromatic nitrogens is 1. The number of pyridine rings is 1. The number of nitrogens with zero attached hydrogens (tertiary/aromatic N) is 1. The standard InChI is InChI=1S/C12H17BrN2O/c13-11-4-9(6-15-8-11)5-12(16)10-2-1-3-14-7-10/h4,6,8,10,12,14,16H,1-3,5,7H2. The Balaban J connectivity index is 1.93. The van der Waals surface area contributed by atoms with Crippen LogP contribution in [0.1, 0.15) is 18.4 Å². The first-order valence-electron chi connectivity index (χ1n) is 5.74. The van der Waals surface area contributed by atoms with Gasteiger partial charge in [0.05, 0.1) is 6.10 Å². The highest BCUT2D eigenvalue weighted by Crippen LogP contribution is 2.19. The normalized spacial score (nSPS) is 23.0. The Morgan fingerprint density at radius 1 is 1.56 bits per heavy atom. The molecule has 1 saturated heterocycles. The molecule has 1 fully saturated rings. The maximum Gasteiger partial charge on any atom is 0.0621 e. The molecule has 4 heteroatoms. The number of aliphatic hydroxyl groups is 1. The molecule has 88 valence electrons. The van der Waals surface area contributed by atoms with E-state index < -0.39 is 0 Å². The second-order valence-corrected chi connectivity index (χ2v) is 5.30. The van der Waals surface area contributed by atoms with Gasteiger partial charge in [-0.15, -0.1) is 0 Å². The van der Waals surface area contributed by atoms with Crippen LogP contribution >= 0.6 is 15.9 Å². The van der Waals surface area contributed by atoms with Crippen LogP contribution in [-0.2, 0) is 6.42 Å². The topological polar surface area (TPSA) is 45.2 Å². The van der Waals surface area contributed by atoms with Crippen LogP contribution in [0.15, 0.2) is 22.9 Å². The Hall–Kier alpha value is -0.450. The Labute approximate surface area is 104 Å². The van der Waals surface area contributed by atoms with E-state index in [1.54, 1.807) is 6.20 Å². The lowest BCUT2D eigenvalue weighted by molar-refractivity contribution is 0.0921. The van der Waals surface area contributed by atoms with Gasteiger partial charge in [-0.1, -0.05) is 0 Å². The molecule has 1 aromatic heterocycles. The number of hydrogen-bond acceptors (Lipinski definition) is 3. The average molecular weight is 285 g/mol. The molecule has 0 bridgehead atoms. The molecule has 16 heavy (non-hydrogen) atoms. The number of piperidine rings is 1. The summed E-state index contributed by atoms with van der Waals surface area (Å²) in [6.07, 6.45) is 6.30. The lowest BCUT2D eigenvalue weighted by atomic mass is 9.90. The minimum Gasteiger partial charge on any atom is -0.392 e. The summed E-state index contributed by atoms with van der Waals surface area (Å²) in [4.78, 5) is 4.11. The number of hydrogen-bond donors (Lipinski definition) is 2. The van der Waals surface area contributed by atoms with E-state index in [1.807, 2.05) is 12.3 Å². The van der Waals surface area contributed by atoms with Gasteiger partial charge >= 0.3 is 0 Å². The zero-order valence-electron chi connectivity index (χ0n) is 9.19. The van der Waals surface area contributed by atoms with Gasteiger partial charge in [0.15, 0.2) is 0 Å². The fourth-order valence-electron chi connectivity index (χ4n) is 2.18. The van der Waals surface area contributed by atoms with Gasteiger partial charge in [0.1, 0.15) is 0 Å². The van der Waals surface area contributed by atoms with Gasteiger partial charge in [-0.3, -0.25) is 4.98 Å². The van der Waals surface area contributed by atoms with Crippen molar-refractivity contribution in [1.82, 2.24) is 10.3 Å². The highest BCUT2D eigenvalue weighted by Gasteiger charge is 2.21. The summed E-state index contributed by atoms with van der Waals surface area (Å²) in [5.74, 6) is 0.382. The minimum absolute atomic E-state index is 0.260. The molecule has 0 aliphatic carbocycles. The van der Waals surface area contributed by atoms with Crippen molar-refractivity contribution >= 4 is 15.9 Å². The van der Waals surface area contributed by atoms with Crippen LogP contribution in [0.25, 0.3) is 0 Å². The van der Waals surface area contributed by atoms with E-state index in [1.165, 1.54) is 6.42 Å². The smallest absolute Gasteiger partial charge is 0.0621 e. The predicted molar refractivity (Wildman–Crippen MR) is 67.2 cm³/mol. The lowest BCUT2D eigenvalue weighted by Crippen LogP contribution is -2.37. The van der Waals surface area contributed by atoms with E-state index in [0.717, 1.165) is 29.5 Å². The summed E-state index contributed by atoms with van der Waals surface area (Å²) in [7, 11) is 0. The second-order valence-electron chi connectivity index (χ2n) is 4.39. The molecule has 0 aromatic carbocycles. The number of aliphatic hydroxyl groups excluding tert-OH is 1. The molecule has 3 nitrogen and oxygen atoms in total. The Morgan fingerprint density at radius 2 is 2.44 bits per heavy atom. The largest absolute Gasteiger partial charge is 0.392 e. The molecule has 0 radical (unpaired) electrons. The van der Waals surface area contributed by atoms with Gasteiger partial charge in [-0.05, 0) is 52.9 Å². The molecule has 2 heterocycles. The van der Waals surface area contributed by atoms with Gasteiger partial charge in [-0.25, -0.2) is 0 Å². The number of nitrogens with one attached hydrogen (secondary N) is 1. The van der Waals surface area contributed by atoms with Gasteiger partial charge in [0.2, 0.25) is 0 Å². The summed E-state index contributed by atoms with van der Waals surface area (Å²) < 4.78 is 0.971. The van der Waals surface area contributed by atoms with Gasteiger partial charge in [0, 0.05) is 29.8 Å². The summed E-state index contributed by atoms with van der Waals surface area (Å²) >= 11 is 3.39.